The lowest BCUT2D eigenvalue weighted by atomic mass is 10.0. The van der Waals surface area contributed by atoms with Crippen molar-refractivity contribution >= 4 is 27.0 Å². The van der Waals surface area contributed by atoms with E-state index in [9.17, 15) is 13.2 Å². The quantitative estimate of drug-likeness (QED) is 0.871. The van der Waals surface area contributed by atoms with E-state index in [1.807, 2.05) is 6.07 Å². The van der Waals surface area contributed by atoms with Gasteiger partial charge < -0.3 is 5.32 Å². The van der Waals surface area contributed by atoms with Crippen LogP contribution in [0.4, 0.5) is 0 Å². The van der Waals surface area contributed by atoms with Gasteiger partial charge in [0.05, 0.1) is 17.3 Å². The van der Waals surface area contributed by atoms with Crippen LogP contribution in [0.25, 0.3) is 11.0 Å². The maximum Gasteiger partial charge on any atom is 0.253 e. The molecule has 1 fully saturated rings. The standard InChI is InChI=1S/C17H22N4O3S/c1-25(23,24)21-12-3-2-5-13(21)8-9-20-17(22)14-6-4-7-15-16(14)19-11-10-18-15/h4,6-7,10-11,13H,2-3,5,8-9,12H2,1H3,(H,20,22). The van der Waals surface area contributed by atoms with Crippen LogP contribution >= 0.6 is 0 Å². The molecule has 0 spiro atoms. The van der Waals surface area contributed by atoms with E-state index < -0.39 is 10.0 Å². The Morgan fingerprint density at radius 2 is 2.08 bits per heavy atom. The molecule has 2 aromatic rings. The van der Waals surface area contributed by atoms with Crippen molar-refractivity contribution in [2.75, 3.05) is 19.3 Å². The van der Waals surface area contributed by atoms with Gasteiger partial charge in [-0.1, -0.05) is 12.5 Å². The summed E-state index contributed by atoms with van der Waals surface area (Å²) in [5, 5.41) is 2.88. The van der Waals surface area contributed by atoms with Crippen molar-refractivity contribution in [3.63, 3.8) is 0 Å². The van der Waals surface area contributed by atoms with E-state index >= 15 is 0 Å². The highest BCUT2D eigenvalue weighted by atomic mass is 32.2. The fraction of sp³-hybridized carbons (Fsp3) is 0.471. The maximum absolute atomic E-state index is 12.5. The van der Waals surface area contributed by atoms with Gasteiger partial charge in [0.25, 0.3) is 5.91 Å². The van der Waals surface area contributed by atoms with Crippen molar-refractivity contribution < 1.29 is 13.2 Å². The van der Waals surface area contributed by atoms with E-state index in [0.29, 0.717) is 36.1 Å². The number of hydrogen-bond acceptors (Lipinski definition) is 5. The molecule has 1 aromatic carbocycles. The molecule has 1 aliphatic rings. The molecule has 0 saturated carbocycles. The molecule has 3 rings (SSSR count). The average molecular weight is 362 g/mol. The smallest absolute Gasteiger partial charge is 0.253 e. The third-order valence-electron chi connectivity index (χ3n) is 4.51. The van der Waals surface area contributed by atoms with Gasteiger partial charge in [0.2, 0.25) is 10.0 Å². The zero-order valence-corrected chi connectivity index (χ0v) is 15.0. The van der Waals surface area contributed by atoms with Gasteiger partial charge in [-0.05, 0) is 31.4 Å². The lowest BCUT2D eigenvalue weighted by Gasteiger charge is -2.33. The predicted molar refractivity (Wildman–Crippen MR) is 95.7 cm³/mol. The van der Waals surface area contributed by atoms with Crippen LogP contribution in [0, 0.1) is 0 Å². The van der Waals surface area contributed by atoms with Crippen molar-refractivity contribution in [1.29, 1.82) is 0 Å². The summed E-state index contributed by atoms with van der Waals surface area (Å²) in [6.45, 7) is 0.989. The van der Waals surface area contributed by atoms with Crippen molar-refractivity contribution in [2.24, 2.45) is 0 Å². The number of nitrogens with one attached hydrogen (secondary N) is 1. The van der Waals surface area contributed by atoms with E-state index in [0.717, 1.165) is 19.3 Å². The second-order valence-electron chi connectivity index (χ2n) is 6.30. The Labute approximate surface area is 147 Å². The molecule has 25 heavy (non-hydrogen) atoms. The van der Waals surface area contributed by atoms with E-state index in [1.165, 1.54) is 6.26 Å². The highest BCUT2D eigenvalue weighted by Gasteiger charge is 2.28. The highest BCUT2D eigenvalue weighted by molar-refractivity contribution is 7.88. The Balaban J connectivity index is 1.64. The second-order valence-corrected chi connectivity index (χ2v) is 8.23. The Kier molecular flexibility index (Phi) is 5.29. The van der Waals surface area contributed by atoms with Gasteiger partial charge in [-0.25, -0.2) is 8.42 Å². The highest BCUT2D eigenvalue weighted by Crippen LogP contribution is 2.22. The normalized spacial score (nSPS) is 19.0. The van der Waals surface area contributed by atoms with Crippen LogP contribution in [0.5, 0.6) is 0 Å². The molecule has 1 aliphatic heterocycles. The summed E-state index contributed by atoms with van der Waals surface area (Å²) in [7, 11) is -3.20. The summed E-state index contributed by atoms with van der Waals surface area (Å²) in [4.78, 5) is 20.9. The summed E-state index contributed by atoms with van der Waals surface area (Å²) >= 11 is 0. The summed E-state index contributed by atoms with van der Waals surface area (Å²) in [5.74, 6) is -0.215. The zero-order valence-electron chi connectivity index (χ0n) is 14.2. The Hall–Kier alpha value is -2.06. The first kappa shape index (κ1) is 17.8. The first-order chi connectivity index (χ1) is 12.0. The SMILES string of the molecule is CS(=O)(=O)N1CCCCC1CCNC(=O)c1cccc2nccnc12. The second kappa shape index (κ2) is 7.45. The van der Waals surface area contributed by atoms with Gasteiger partial charge in [-0.15, -0.1) is 0 Å². The molecule has 1 unspecified atom stereocenters. The molecule has 0 bridgehead atoms. The molecule has 0 radical (unpaired) electrons. The largest absolute Gasteiger partial charge is 0.352 e. The van der Waals surface area contributed by atoms with E-state index in [2.05, 4.69) is 15.3 Å². The van der Waals surface area contributed by atoms with Crippen LogP contribution < -0.4 is 5.32 Å². The van der Waals surface area contributed by atoms with E-state index in [4.69, 9.17) is 0 Å². The summed E-state index contributed by atoms with van der Waals surface area (Å²) in [6, 6.07) is 5.26. The number of amides is 1. The molecular weight excluding hydrogens is 340 g/mol. The number of hydrogen-bond donors (Lipinski definition) is 1. The van der Waals surface area contributed by atoms with Crippen LogP contribution in [0.1, 0.15) is 36.0 Å². The molecule has 134 valence electrons. The van der Waals surface area contributed by atoms with Crippen LogP contribution in [0.2, 0.25) is 0 Å². The van der Waals surface area contributed by atoms with Gasteiger partial charge in [0.1, 0.15) is 5.52 Å². The number of fused-ring (bicyclic) bond motifs is 1. The average Bonchev–Trinajstić information content (AvgIpc) is 2.60. The van der Waals surface area contributed by atoms with Gasteiger partial charge in [0, 0.05) is 31.5 Å². The number of carbonyl (C=O) groups is 1. The first-order valence-electron chi connectivity index (χ1n) is 8.41. The third kappa shape index (κ3) is 4.13. The number of piperidine rings is 1. The molecular formula is C17H22N4O3S. The van der Waals surface area contributed by atoms with Gasteiger partial charge >= 0.3 is 0 Å². The first-order valence-corrected chi connectivity index (χ1v) is 10.3. The van der Waals surface area contributed by atoms with Gasteiger partial charge in [0.15, 0.2) is 0 Å². The minimum atomic E-state index is -3.20. The van der Waals surface area contributed by atoms with Crippen molar-refractivity contribution in [2.45, 2.75) is 31.7 Å². The Morgan fingerprint density at radius 3 is 2.88 bits per heavy atom. The van der Waals surface area contributed by atoms with Crippen molar-refractivity contribution in [3.05, 3.63) is 36.2 Å². The number of benzene rings is 1. The number of rotatable bonds is 5. The zero-order chi connectivity index (χ0) is 17.9. The van der Waals surface area contributed by atoms with Crippen molar-refractivity contribution in [3.8, 4) is 0 Å². The molecule has 1 atom stereocenters. The molecule has 1 amide bonds. The number of carbonyl (C=O) groups excluding carboxylic acids is 1. The number of nitrogens with zero attached hydrogens (tertiary/aromatic N) is 3. The summed E-state index contributed by atoms with van der Waals surface area (Å²) in [5.41, 5.74) is 1.72. The lowest BCUT2D eigenvalue weighted by Crippen LogP contribution is -2.44. The minimum absolute atomic E-state index is 0.0450. The topological polar surface area (TPSA) is 92.3 Å². The van der Waals surface area contributed by atoms with Crippen molar-refractivity contribution in [1.82, 2.24) is 19.6 Å². The van der Waals surface area contributed by atoms with Crippen LogP contribution in [0.15, 0.2) is 30.6 Å². The predicted octanol–water partition coefficient (Wildman–Crippen LogP) is 1.56. The maximum atomic E-state index is 12.5. The molecule has 0 aliphatic carbocycles. The number of para-hydroxylation sites is 1. The number of aromatic nitrogens is 2. The van der Waals surface area contributed by atoms with Gasteiger partial charge in [-0.3, -0.25) is 14.8 Å². The molecule has 8 heteroatoms. The third-order valence-corrected chi connectivity index (χ3v) is 5.84. The summed E-state index contributed by atoms with van der Waals surface area (Å²) in [6.07, 6.45) is 7.75. The summed E-state index contributed by atoms with van der Waals surface area (Å²) < 4.78 is 25.3. The molecule has 2 heterocycles. The molecule has 7 nitrogen and oxygen atoms in total. The van der Waals surface area contributed by atoms with E-state index in [1.54, 1.807) is 28.8 Å². The lowest BCUT2D eigenvalue weighted by molar-refractivity contribution is 0.0951. The number of sulfonamides is 1. The Morgan fingerprint density at radius 1 is 1.28 bits per heavy atom. The Bertz CT molecular complexity index is 864. The van der Waals surface area contributed by atoms with Crippen LogP contribution in [-0.4, -0.2) is 54.0 Å². The molecule has 1 N–H and O–H groups in total. The fourth-order valence-corrected chi connectivity index (χ4v) is 4.54. The minimum Gasteiger partial charge on any atom is -0.352 e. The van der Waals surface area contributed by atoms with Gasteiger partial charge in [-0.2, -0.15) is 4.31 Å². The molecule has 1 aromatic heterocycles. The fourth-order valence-electron chi connectivity index (χ4n) is 3.32. The monoisotopic (exact) mass is 362 g/mol. The van der Waals surface area contributed by atoms with Crippen LogP contribution in [-0.2, 0) is 10.0 Å². The van der Waals surface area contributed by atoms with Crippen LogP contribution in [0.3, 0.4) is 0 Å². The van der Waals surface area contributed by atoms with E-state index in [-0.39, 0.29) is 11.9 Å². The molecule has 1 saturated heterocycles.